The first-order chi connectivity index (χ1) is 13.0. The number of hydrogen-bond donors (Lipinski definition) is 2. The van der Waals surface area contributed by atoms with Crippen molar-refractivity contribution in [2.45, 2.75) is 26.4 Å². The Morgan fingerprint density at radius 3 is 2.22 bits per heavy atom. The van der Waals surface area contributed by atoms with Gasteiger partial charge in [-0.2, -0.15) is 0 Å². The van der Waals surface area contributed by atoms with Gasteiger partial charge in [0.1, 0.15) is 5.75 Å². The minimum Gasteiger partial charge on any atom is -0.493 e. The van der Waals surface area contributed by atoms with Crippen LogP contribution in [-0.4, -0.2) is 32.1 Å². The molecule has 0 bridgehead atoms. The molecule has 27 heavy (non-hydrogen) atoms. The van der Waals surface area contributed by atoms with Gasteiger partial charge in [-0.3, -0.25) is 20.4 Å². The number of ether oxygens (including phenoxy) is 3. The van der Waals surface area contributed by atoms with Crippen molar-refractivity contribution < 1.29 is 23.8 Å². The Kier molecular flexibility index (Phi) is 7.05. The molecule has 0 aliphatic carbocycles. The van der Waals surface area contributed by atoms with Gasteiger partial charge in [-0.15, -0.1) is 0 Å². The lowest BCUT2D eigenvalue weighted by Gasteiger charge is -2.18. The first-order valence-electron chi connectivity index (χ1n) is 8.54. The maximum atomic E-state index is 12.3. The third-order valence-corrected chi connectivity index (χ3v) is 3.91. The highest BCUT2D eigenvalue weighted by molar-refractivity contribution is 5.96. The normalized spacial score (nSPS) is 11.3. The molecular weight excluding hydrogens is 348 g/mol. The van der Waals surface area contributed by atoms with Crippen LogP contribution in [0.4, 0.5) is 0 Å². The molecule has 0 saturated heterocycles. The van der Waals surface area contributed by atoms with Crippen LogP contribution in [-0.2, 0) is 4.79 Å². The smallest absolute Gasteiger partial charge is 0.279 e. The minimum atomic E-state index is -0.724. The largest absolute Gasteiger partial charge is 0.493 e. The average molecular weight is 372 g/mol. The van der Waals surface area contributed by atoms with Gasteiger partial charge in [0.15, 0.2) is 17.6 Å². The summed E-state index contributed by atoms with van der Waals surface area (Å²) in [5.41, 5.74) is 6.20. The van der Waals surface area contributed by atoms with Crippen LogP contribution in [0.3, 0.4) is 0 Å². The molecule has 1 atom stereocenters. The highest BCUT2D eigenvalue weighted by Gasteiger charge is 2.19. The first kappa shape index (κ1) is 20.1. The molecule has 1 unspecified atom stereocenters. The molecule has 0 aromatic heterocycles. The lowest BCUT2D eigenvalue weighted by atomic mass is 10.2. The average Bonchev–Trinajstić information content (AvgIpc) is 2.70. The fourth-order valence-corrected chi connectivity index (χ4v) is 2.35. The monoisotopic (exact) mass is 372 g/mol. The summed E-state index contributed by atoms with van der Waals surface area (Å²) in [7, 11) is 2.99. The molecule has 2 aromatic carbocycles. The molecule has 2 amide bonds. The number of nitrogens with one attached hydrogen (secondary N) is 2. The Morgan fingerprint density at radius 1 is 0.963 bits per heavy atom. The van der Waals surface area contributed by atoms with E-state index in [1.54, 1.807) is 24.3 Å². The van der Waals surface area contributed by atoms with Crippen LogP contribution in [0.1, 0.15) is 29.3 Å². The number of hydrazine groups is 1. The molecule has 144 valence electrons. The lowest BCUT2D eigenvalue weighted by Crippen LogP contribution is -2.47. The molecule has 0 aliphatic rings. The number of rotatable bonds is 7. The van der Waals surface area contributed by atoms with E-state index in [1.165, 1.54) is 20.3 Å². The molecule has 2 aromatic rings. The highest BCUT2D eigenvalue weighted by Crippen LogP contribution is 2.27. The topological polar surface area (TPSA) is 85.9 Å². The molecule has 7 heteroatoms. The summed E-state index contributed by atoms with van der Waals surface area (Å²) in [5.74, 6) is 0.608. The number of hydrogen-bond acceptors (Lipinski definition) is 5. The summed E-state index contributed by atoms with van der Waals surface area (Å²) in [4.78, 5) is 24.6. The standard InChI is InChI=1S/C20H24N2O5/c1-5-16(27-15-9-6-13(2)7-10-15)20(24)22-21-19(23)14-8-11-17(25-3)18(12-14)26-4/h6-12,16H,5H2,1-4H3,(H,21,23)(H,22,24). The molecule has 2 rings (SSSR count). The summed E-state index contributed by atoms with van der Waals surface area (Å²) in [5, 5.41) is 0. The van der Waals surface area contributed by atoms with Crippen molar-refractivity contribution in [3.63, 3.8) is 0 Å². The second kappa shape index (κ2) is 9.47. The Balaban J connectivity index is 1.96. The van der Waals surface area contributed by atoms with Gasteiger partial charge in [0.05, 0.1) is 14.2 Å². The Labute approximate surface area is 158 Å². The molecule has 2 N–H and O–H groups in total. The third-order valence-electron chi connectivity index (χ3n) is 3.91. The van der Waals surface area contributed by atoms with Gasteiger partial charge in [-0.05, 0) is 43.7 Å². The van der Waals surface area contributed by atoms with E-state index in [9.17, 15) is 9.59 Å². The molecule has 0 aliphatic heterocycles. The first-order valence-corrected chi connectivity index (χ1v) is 8.54. The summed E-state index contributed by atoms with van der Waals surface area (Å²) < 4.78 is 16.0. The number of carbonyl (C=O) groups excluding carboxylic acids is 2. The number of amides is 2. The fourth-order valence-electron chi connectivity index (χ4n) is 2.35. The zero-order valence-corrected chi connectivity index (χ0v) is 15.9. The molecular formula is C20H24N2O5. The van der Waals surface area contributed by atoms with Crippen molar-refractivity contribution in [1.29, 1.82) is 0 Å². The van der Waals surface area contributed by atoms with Gasteiger partial charge >= 0.3 is 0 Å². The predicted molar refractivity (Wildman–Crippen MR) is 101 cm³/mol. The Hall–Kier alpha value is -3.22. The Bertz CT molecular complexity index is 789. The van der Waals surface area contributed by atoms with Crippen molar-refractivity contribution in [2.24, 2.45) is 0 Å². The SMILES string of the molecule is CCC(Oc1ccc(C)cc1)C(=O)NNC(=O)c1ccc(OC)c(OC)c1. The van der Waals surface area contributed by atoms with Crippen molar-refractivity contribution >= 4 is 11.8 Å². The second-order valence-electron chi connectivity index (χ2n) is 5.84. The summed E-state index contributed by atoms with van der Waals surface area (Å²) in [6.07, 6.45) is -0.273. The second-order valence-corrected chi connectivity index (χ2v) is 5.84. The summed E-state index contributed by atoms with van der Waals surface area (Å²) >= 11 is 0. The molecule has 0 fully saturated rings. The molecule has 0 heterocycles. The maximum absolute atomic E-state index is 12.3. The van der Waals surface area contributed by atoms with E-state index < -0.39 is 17.9 Å². The van der Waals surface area contributed by atoms with Gasteiger partial charge in [0.2, 0.25) is 0 Å². The lowest BCUT2D eigenvalue weighted by molar-refractivity contribution is -0.128. The van der Waals surface area contributed by atoms with E-state index in [1.807, 2.05) is 26.0 Å². The van der Waals surface area contributed by atoms with Gasteiger partial charge in [-0.25, -0.2) is 0 Å². The Morgan fingerprint density at radius 2 is 1.63 bits per heavy atom. The quantitative estimate of drug-likeness (QED) is 0.730. The zero-order valence-electron chi connectivity index (χ0n) is 15.9. The third kappa shape index (κ3) is 5.37. The number of benzene rings is 2. The van der Waals surface area contributed by atoms with Crippen molar-refractivity contribution in [1.82, 2.24) is 10.9 Å². The number of aryl methyl sites for hydroxylation is 1. The van der Waals surface area contributed by atoms with E-state index >= 15 is 0 Å². The van der Waals surface area contributed by atoms with E-state index in [0.29, 0.717) is 29.2 Å². The fraction of sp³-hybridized carbons (Fsp3) is 0.300. The van der Waals surface area contributed by atoms with Gasteiger partial charge in [-0.1, -0.05) is 24.6 Å². The predicted octanol–water partition coefficient (Wildman–Crippen LogP) is 2.63. The molecule has 7 nitrogen and oxygen atoms in total. The van der Waals surface area contributed by atoms with Crippen LogP contribution in [0, 0.1) is 6.92 Å². The van der Waals surface area contributed by atoms with Crippen molar-refractivity contribution in [2.75, 3.05) is 14.2 Å². The minimum absolute atomic E-state index is 0.320. The molecule has 0 radical (unpaired) electrons. The summed E-state index contributed by atoms with van der Waals surface area (Å²) in [6, 6.07) is 12.1. The van der Waals surface area contributed by atoms with Crippen LogP contribution >= 0.6 is 0 Å². The van der Waals surface area contributed by atoms with Crippen LogP contribution in [0.2, 0.25) is 0 Å². The van der Waals surface area contributed by atoms with Crippen LogP contribution in [0.25, 0.3) is 0 Å². The van der Waals surface area contributed by atoms with Gasteiger partial charge in [0.25, 0.3) is 11.8 Å². The van der Waals surface area contributed by atoms with E-state index in [2.05, 4.69) is 10.9 Å². The van der Waals surface area contributed by atoms with Crippen molar-refractivity contribution in [3.05, 3.63) is 53.6 Å². The maximum Gasteiger partial charge on any atom is 0.279 e. The van der Waals surface area contributed by atoms with Crippen LogP contribution in [0.15, 0.2) is 42.5 Å². The molecule has 0 spiro atoms. The number of carbonyl (C=O) groups is 2. The van der Waals surface area contributed by atoms with E-state index in [-0.39, 0.29) is 0 Å². The van der Waals surface area contributed by atoms with Crippen molar-refractivity contribution in [3.8, 4) is 17.2 Å². The summed E-state index contributed by atoms with van der Waals surface area (Å²) in [6.45, 7) is 3.80. The van der Waals surface area contributed by atoms with E-state index in [4.69, 9.17) is 14.2 Å². The number of methoxy groups -OCH3 is 2. The van der Waals surface area contributed by atoms with Gasteiger partial charge < -0.3 is 14.2 Å². The van der Waals surface area contributed by atoms with Crippen LogP contribution in [0.5, 0.6) is 17.2 Å². The van der Waals surface area contributed by atoms with Crippen LogP contribution < -0.4 is 25.1 Å². The molecule has 0 saturated carbocycles. The zero-order chi connectivity index (χ0) is 19.8. The van der Waals surface area contributed by atoms with E-state index in [0.717, 1.165) is 5.56 Å². The van der Waals surface area contributed by atoms with Gasteiger partial charge in [0, 0.05) is 5.56 Å². The highest BCUT2D eigenvalue weighted by atomic mass is 16.5.